The van der Waals surface area contributed by atoms with Gasteiger partial charge in [0.1, 0.15) is 0 Å². The topological polar surface area (TPSA) is 38.0 Å². The summed E-state index contributed by atoms with van der Waals surface area (Å²) in [6.07, 6.45) is -2.37. The summed E-state index contributed by atoms with van der Waals surface area (Å²) in [5, 5.41) is 2.51. The molecular weight excluding hydrogens is 429 g/mol. The molecule has 0 saturated heterocycles. The van der Waals surface area contributed by atoms with Crippen molar-refractivity contribution in [3.05, 3.63) is 24.3 Å². The van der Waals surface area contributed by atoms with Gasteiger partial charge in [-0.1, -0.05) is 11.4 Å². The maximum atomic E-state index is 11.7. The molecule has 0 radical (unpaired) electrons. The number of nitrogens with two attached hydrogens (primary N) is 1. The van der Waals surface area contributed by atoms with Gasteiger partial charge in [-0.15, -0.1) is 6.07 Å². The summed E-state index contributed by atoms with van der Waals surface area (Å²) >= 11 is 0. The predicted molar refractivity (Wildman–Crippen MR) is 44.2 cm³/mol. The molecule has 0 atom stereocenters. The Morgan fingerprint density at radius 3 is 2.77 bits per heavy atom. The van der Waals surface area contributed by atoms with Gasteiger partial charge >= 0.3 is 0 Å². The zero-order valence-corrected chi connectivity index (χ0v) is 13.5. The van der Waals surface area contributed by atoms with Gasteiger partial charge in [0.2, 0.25) is 0 Å². The first-order chi connectivity index (χ1) is 5.70. The number of nitrogens with one attached hydrogen (secondary N) is 1. The summed E-state index contributed by atoms with van der Waals surface area (Å²) in [5.74, 6) is 0. The number of benzene rings is 1. The molecule has 0 aliphatic heterocycles. The summed E-state index contributed by atoms with van der Waals surface area (Å²) in [7, 11) is 0. The van der Waals surface area contributed by atoms with Crippen LogP contribution >= 0.6 is 0 Å². The van der Waals surface area contributed by atoms with Crippen LogP contribution in [0.3, 0.4) is 0 Å². The van der Waals surface area contributed by atoms with E-state index in [2.05, 4.69) is 11.4 Å². The van der Waals surface area contributed by atoms with Crippen LogP contribution in [0.1, 0.15) is 0 Å². The van der Waals surface area contributed by atoms with Crippen molar-refractivity contribution in [2.75, 3.05) is 17.6 Å². The van der Waals surface area contributed by atoms with Gasteiger partial charge in [-0.2, -0.15) is 18.2 Å². The smallest absolute Gasteiger partial charge is 0.254 e. The molecule has 68 valence electrons. The van der Waals surface area contributed by atoms with Crippen molar-refractivity contribution in [3.8, 4) is 0 Å². The van der Waals surface area contributed by atoms with Crippen LogP contribution < -0.4 is 11.1 Å². The van der Waals surface area contributed by atoms with E-state index in [9.17, 15) is 8.78 Å². The second-order valence-corrected chi connectivity index (χ2v) is 2.29. The molecule has 0 saturated carbocycles. The Labute approximate surface area is 69.4 Å². The van der Waals surface area contributed by atoms with E-state index >= 15 is 0 Å². The van der Waals surface area contributed by atoms with Crippen LogP contribution in [0.2, 0.25) is 0 Å². The van der Waals surface area contributed by atoms with Crippen molar-refractivity contribution >= 4 is 11.4 Å². The van der Waals surface area contributed by atoms with Crippen molar-refractivity contribution in [1.29, 1.82) is 0 Å². The SMILES string of the molecule is Nc1cc[c-]cc1NCC(F)F.[Rf]. The molecule has 1 rings (SSSR count). The predicted octanol–water partition coefficient (Wildman–Crippen LogP) is 1.75. The maximum absolute atomic E-state index is 11.7. The summed E-state index contributed by atoms with van der Waals surface area (Å²) in [4.78, 5) is 0. The Hall–Kier alpha value is -2.32. The molecule has 0 spiro atoms. The molecule has 3 N–H and O–H groups in total. The van der Waals surface area contributed by atoms with E-state index < -0.39 is 6.43 Å². The van der Waals surface area contributed by atoms with Crippen molar-refractivity contribution in [1.82, 2.24) is 0 Å². The minimum atomic E-state index is -2.37. The number of nitrogen functional groups attached to an aromatic ring is 1. The van der Waals surface area contributed by atoms with Gasteiger partial charge < -0.3 is 11.1 Å². The first kappa shape index (κ1) is 10.7. The van der Waals surface area contributed by atoms with Crippen molar-refractivity contribution in [3.63, 3.8) is 0 Å². The Balaban J connectivity index is 0.00000144. The van der Waals surface area contributed by atoms with Crippen molar-refractivity contribution in [2.24, 2.45) is 0 Å². The summed E-state index contributed by atoms with van der Waals surface area (Å²) < 4.78 is 23.5. The molecule has 0 heterocycles. The molecule has 1 aromatic carbocycles. The van der Waals surface area contributed by atoms with Gasteiger partial charge in [0.15, 0.2) is 0 Å². The third kappa shape index (κ3) is 3.05. The van der Waals surface area contributed by atoms with Crippen molar-refractivity contribution < 1.29 is 8.78 Å². The molecular formula is C8H9F2N2Rf-. The third-order valence-electron chi connectivity index (χ3n) is 1.34. The maximum Gasteiger partial charge on any atom is 0.254 e. The number of rotatable bonds is 3. The molecule has 0 amide bonds. The van der Waals surface area contributed by atoms with Gasteiger partial charge in [0.05, 0.1) is 6.54 Å². The normalized spacial score (nSPS) is 9.46. The second-order valence-electron chi connectivity index (χ2n) is 2.29. The molecule has 0 aliphatic carbocycles. The molecule has 5 heteroatoms. The molecule has 0 aliphatic rings. The minimum absolute atomic E-state index is 0. The van der Waals surface area contributed by atoms with Crippen LogP contribution in [-0.2, 0) is 0 Å². The van der Waals surface area contributed by atoms with Crippen molar-refractivity contribution in [2.45, 2.75) is 6.43 Å². The largest absolute Gasteiger partial charge is 0.430 e. The number of anilines is 2. The van der Waals surface area contributed by atoms with E-state index in [1.165, 1.54) is 6.07 Å². The molecule has 0 bridgehead atoms. The standard InChI is InChI=1S/C8H9F2N2.Rf/c9-8(10)5-12-7-4-2-1-3-6(7)11;/h1,3-4,8,12H,5,11H2;/q-1;. The van der Waals surface area contributed by atoms with Gasteiger partial charge in [-0.25, -0.2) is 8.78 Å². The zero-order chi connectivity index (χ0) is 8.97. The van der Waals surface area contributed by atoms with Crippen LogP contribution in [0, 0.1) is 6.07 Å². The van der Waals surface area contributed by atoms with E-state index in [0.717, 1.165) is 0 Å². The molecule has 2 nitrogen and oxygen atoms in total. The molecule has 13 heavy (non-hydrogen) atoms. The Morgan fingerprint density at radius 1 is 1.54 bits per heavy atom. The van der Waals surface area contributed by atoms with E-state index in [1.54, 1.807) is 12.1 Å². The fourth-order valence-electron chi connectivity index (χ4n) is 0.783. The molecule has 0 unspecified atom stereocenters. The Morgan fingerprint density at radius 2 is 2.23 bits per heavy atom. The van der Waals surface area contributed by atoms with Gasteiger partial charge in [-0.3, -0.25) is 0 Å². The average Bonchev–Trinajstić information content (AvgIpc) is 2.03. The third-order valence-corrected chi connectivity index (χ3v) is 1.34. The van der Waals surface area contributed by atoms with Crippen LogP contribution in [-0.4, -0.2) is 13.0 Å². The number of halogens is 2. The quantitative estimate of drug-likeness (QED) is 0.558. The molecule has 0 aromatic heterocycles. The summed E-state index contributed by atoms with van der Waals surface area (Å²) in [6.45, 7) is -0.387. The Kier molecular flexibility index (Phi) is 3.73. The first-order valence-corrected chi connectivity index (χ1v) is 3.47. The summed E-state index contributed by atoms with van der Waals surface area (Å²) in [5.41, 5.74) is 6.43. The molecule has 0 fully saturated rings. The first-order valence-electron chi connectivity index (χ1n) is 3.47. The number of alkyl halides is 2. The van der Waals surface area contributed by atoms with Crippen LogP contribution in [0.4, 0.5) is 20.2 Å². The average molecular weight is 438 g/mol. The van der Waals surface area contributed by atoms with E-state index in [-0.39, 0.29) is 6.54 Å². The molecule has 1 aromatic rings. The fourth-order valence-corrected chi connectivity index (χ4v) is 0.783. The van der Waals surface area contributed by atoms with Gasteiger partial charge in [-0.05, 0) is 0 Å². The zero-order valence-electron chi connectivity index (χ0n) is 7.06. The van der Waals surface area contributed by atoms with Crippen LogP contribution in [0.5, 0.6) is 0 Å². The van der Waals surface area contributed by atoms with E-state index in [0.29, 0.717) is 11.4 Å². The van der Waals surface area contributed by atoms with Gasteiger partial charge in [0, 0.05) is 0 Å². The number of hydrogen-bond acceptors (Lipinski definition) is 2. The summed E-state index contributed by atoms with van der Waals surface area (Å²) in [6, 6.07) is 7.51. The number of hydrogen-bond donors (Lipinski definition) is 2. The van der Waals surface area contributed by atoms with E-state index in [4.69, 9.17) is 5.73 Å². The Bertz CT molecular complexity index is 256. The minimum Gasteiger partial charge on any atom is -0.430 e. The van der Waals surface area contributed by atoms with E-state index in [1.807, 2.05) is 0 Å². The second kappa shape index (κ2) is 4.54. The van der Waals surface area contributed by atoms with Crippen LogP contribution in [0.15, 0.2) is 18.2 Å². The van der Waals surface area contributed by atoms with Crippen LogP contribution in [0.25, 0.3) is 0 Å². The monoisotopic (exact) mass is 438 g/mol. The fraction of sp³-hybridized carbons (Fsp3) is 0.250. The van der Waals surface area contributed by atoms with Gasteiger partial charge in [0.25, 0.3) is 6.43 Å².